The zero-order valence-electron chi connectivity index (χ0n) is 13.2. The van der Waals surface area contributed by atoms with Gasteiger partial charge in [0, 0.05) is 23.7 Å². The average molecular weight is 325 g/mol. The van der Waals surface area contributed by atoms with Gasteiger partial charge < -0.3 is 4.90 Å². The third-order valence-electron chi connectivity index (χ3n) is 4.21. The fraction of sp³-hybridized carbons (Fsp3) is 0.389. The molecule has 0 radical (unpaired) electrons. The molecule has 0 bridgehead atoms. The van der Waals surface area contributed by atoms with E-state index < -0.39 is 0 Å². The molecule has 0 unspecified atom stereocenters. The lowest BCUT2D eigenvalue weighted by molar-refractivity contribution is -0.902. The van der Waals surface area contributed by atoms with Crippen molar-refractivity contribution in [3.05, 3.63) is 42.2 Å². The Morgan fingerprint density at radius 2 is 1.87 bits per heavy atom. The fourth-order valence-electron chi connectivity index (χ4n) is 2.91. The molecule has 2 aromatic rings. The van der Waals surface area contributed by atoms with Crippen LogP contribution in [0.4, 0.5) is 0 Å². The molecule has 3 heterocycles. The van der Waals surface area contributed by atoms with Crippen molar-refractivity contribution in [2.45, 2.75) is 24.3 Å². The molecule has 0 aromatic carbocycles. The van der Waals surface area contributed by atoms with Crippen molar-refractivity contribution in [1.82, 2.24) is 9.97 Å². The highest BCUT2D eigenvalue weighted by molar-refractivity contribution is 7.99. The van der Waals surface area contributed by atoms with Gasteiger partial charge in [0.25, 0.3) is 0 Å². The number of quaternary nitrogens is 1. The maximum absolute atomic E-state index is 9.31. The van der Waals surface area contributed by atoms with E-state index >= 15 is 0 Å². The van der Waals surface area contributed by atoms with E-state index in [1.807, 2.05) is 24.3 Å². The summed E-state index contributed by atoms with van der Waals surface area (Å²) < 4.78 is 0. The van der Waals surface area contributed by atoms with Gasteiger partial charge in [0.1, 0.15) is 11.1 Å². The van der Waals surface area contributed by atoms with Crippen LogP contribution >= 0.6 is 11.8 Å². The predicted octanol–water partition coefficient (Wildman–Crippen LogP) is 2.18. The topological polar surface area (TPSA) is 54.0 Å². The summed E-state index contributed by atoms with van der Waals surface area (Å²) in [6, 6.07) is 9.93. The van der Waals surface area contributed by atoms with Crippen molar-refractivity contribution in [3.63, 3.8) is 0 Å². The number of pyridine rings is 2. The molecule has 0 amide bonds. The second kappa shape index (κ2) is 8.09. The van der Waals surface area contributed by atoms with Crippen molar-refractivity contribution in [1.29, 1.82) is 5.26 Å². The quantitative estimate of drug-likeness (QED) is 0.856. The van der Waals surface area contributed by atoms with E-state index in [1.54, 1.807) is 29.1 Å². The van der Waals surface area contributed by atoms with Gasteiger partial charge in [-0.25, -0.2) is 4.98 Å². The standard InChI is InChI=1S/C18H20N4S/c19-14-16-4-5-17(15-6-8-20-9-7-15)21-18(16)23-13-12-22-10-2-1-3-11-22/h4-9H,1-3,10-13H2/p+1. The molecule has 1 fully saturated rings. The van der Waals surface area contributed by atoms with Gasteiger partial charge >= 0.3 is 0 Å². The molecule has 0 atom stereocenters. The third kappa shape index (κ3) is 4.31. The zero-order valence-corrected chi connectivity index (χ0v) is 14.0. The summed E-state index contributed by atoms with van der Waals surface area (Å²) in [5.41, 5.74) is 2.61. The molecule has 3 rings (SSSR count). The highest BCUT2D eigenvalue weighted by atomic mass is 32.2. The summed E-state index contributed by atoms with van der Waals surface area (Å²) in [6.45, 7) is 3.73. The number of piperidine rings is 1. The normalized spacial score (nSPS) is 15.3. The van der Waals surface area contributed by atoms with Crippen LogP contribution in [-0.2, 0) is 0 Å². The highest BCUT2D eigenvalue weighted by Gasteiger charge is 2.14. The number of nitrogens with one attached hydrogen (secondary N) is 1. The lowest BCUT2D eigenvalue weighted by Crippen LogP contribution is -3.13. The largest absolute Gasteiger partial charge is 0.334 e. The first-order chi connectivity index (χ1) is 11.4. The van der Waals surface area contributed by atoms with Crippen LogP contribution in [0, 0.1) is 11.3 Å². The Kier molecular flexibility index (Phi) is 5.62. The molecule has 0 aliphatic carbocycles. The first-order valence-electron chi connectivity index (χ1n) is 8.15. The van der Waals surface area contributed by atoms with E-state index in [1.165, 1.54) is 32.4 Å². The van der Waals surface area contributed by atoms with Gasteiger partial charge in [-0.05, 0) is 43.5 Å². The average Bonchev–Trinajstić information content (AvgIpc) is 2.63. The van der Waals surface area contributed by atoms with Crippen LogP contribution in [0.3, 0.4) is 0 Å². The molecule has 4 nitrogen and oxygen atoms in total. The van der Waals surface area contributed by atoms with E-state index in [0.29, 0.717) is 5.56 Å². The van der Waals surface area contributed by atoms with Crippen LogP contribution in [0.25, 0.3) is 11.3 Å². The molecule has 2 aromatic heterocycles. The monoisotopic (exact) mass is 325 g/mol. The van der Waals surface area contributed by atoms with Crippen LogP contribution in [0.5, 0.6) is 0 Å². The van der Waals surface area contributed by atoms with Crippen LogP contribution in [0.1, 0.15) is 24.8 Å². The van der Waals surface area contributed by atoms with Crippen LogP contribution in [0.15, 0.2) is 41.7 Å². The number of hydrogen-bond donors (Lipinski definition) is 1. The maximum Gasteiger partial charge on any atom is 0.115 e. The molecule has 23 heavy (non-hydrogen) atoms. The number of likely N-dealkylation sites (tertiary alicyclic amines) is 1. The molecule has 1 aliphatic rings. The Morgan fingerprint density at radius 1 is 1.09 bits per heavy atom. The SMILES string of the molecule is N#Cc1ccc(-c2ccncc2)nc1SCC[NH+]1CCCCC1. The summed E-state index contributed by atoms with van der Waals surface area (Å²) in [6.07, 6.45) is 7.60. The van der Waals surface area contributed by atoms with Gasteiger partial charge in [-0.1, -0.05) is 11.8 Å². The molecule has 0 saturated carbocycles. The first kappa shape index (κ1) is 16.0. The second-order valence-corrected chi connectivity index (χ2v) is 6.89. The molecule has 0 spiro atoms. The Labute approximate surface area is 141 Å². The smallest absolute Gasteiger partial charge is 0.115 e. The number of nitriles is 1. The summed E-state index contributed by atoms with van der Waals surface area (Å²) in [7, 11) is 0. The Balaban J connectivity index is 1.68. The van der Waals surface area contributed by atoms with Gasteiger partial charge in [-0.2, -0.15) is 5.26 Å². The lowest BCUT2D eigenvalue weighted by atomic mass is 10.1. The van der Waals surface area contributed by atoms with Gasteiger partial charge in [0.2, 0.25) is 0 Å². The molecular weight excluding hydrogens is 304 g/mol. The zero-order chi connectivity index (χ0) is 15.9. The van der Waals surface area contributed by atoms with Gasteiger partial charge in [-0.3, -0.25) is 4.98 Å². The Morgan fingerprint density at radius 3 is 2.61 bits per heavy atom. The van der Waals surface area contributed by atoms with Crippen LogP contribution in [-0.4, -0.2) is 35.4 Å². The number of rotatable bonds is 5. The highest BCUT2D eigenvalue weighted by Crippen LogP contribution is 2.24. The molecular formula is C18H21N4S+. The van der Waals surface area contributed by atoms with Crippen LogP contribution in [0.2, 0.25) is 0 Å². The fourth-order valence-corrected chi connectivity index (χ4v) is 3.93. The van der Waals surface area contributed by atoms with Crippen molar-refractivity contribution in [3.8, 4) is 17.3 Å². The molecule has 1 aliphatic heterocycles. The molecule has 5 heteroatoms. The lowest BCUT2D eigenvalue weighted by Gasteiger charge is -2.23. The third-order valence-corrected chi connectivity index (χ3v) is 5.20. The van der Waals surface area contributed by atoms with Crippen LogP contribution < -0.4 is 4.90 Å². The van der Waals surface area contributed by atoms with E-state index in [2.05, 4.69) is 11.1 Å². The minimum atomic E-state index is 0.668. The Bertz CT molecular complexity index is 675. The van der Waals surface area contributed by atoms with E-state index in [9.17, 15) is 5.26 Å². The minimum Gasteiger partial charge on any atom is -0.334 e. The maximum atomic E-state index is 9.31. The molecule has 1 N–H and O–H groups in total. The number of aromatic nitrogens is 2. The van der Waals surface area contributed by atoms with Crippen molar-refractivity contribution in [2.24, 2.45) is 0 Å². The summed E-state index contributed by atoms with van der Waals surface area (Å²) >= 11 is 1.70. The summed E-state index contributed by atoms with van der Waals surface area (Å²) in [5.74, 6) is 1.01. The minimum absolute atomic E-state index is 0.668. The van der Waals surface area contributed by atoms with Gasteiger partial charge in [0.15, 0.2) is 0 Å². The van der Waals surface area contributed by atoms with E-state index in [4.69, 9.17) is 4.98 Å². The number of hydrogen-bond acceptors (Lipinski definition) is 4. The molecule has 118 valence electrons. The number of nitrogens with zero attached hydrogens (tertiary/aromatic N) is 3. The summed E-state index contributed by atoms with van der Waals surface area (Å²) in [4.78, 5) is 10.4. The van der Waals surface area contributed by atoms with Crippen molar-refractivity contribution in [2.75, 3.05) is 25.4 Å². The second-order valence-electron chi connectivity index (χ2n) is 5.81. The number of thioether (sulfide) groups is 1. The van der Waals surface area contributed by atoms with E-state index in [-0.39, 0.29) is 0 Å². The molecule has 1 saturated heterocycles. The van der Waals surface area contributed by atoms with E-state index in [0.717, 1.165) is 28.6 Å². The van der Waals surface area contributed by atoms with Gasteiger partial charge in [0.05, 0.1) is 30.9 Å². The van der Waals surface area contributed by atoms with Crippen molar-refractivity contribution < 1.29 is 4.90 Å². The predicted molar refractivity (Wildman–Crippen MR) is 92.3 cm³/mol. The van der Waals surface area contributed by atoms with Gasteiger partial charge in [-0.15, -0.1) is 0 Å². The van der Waals surface area contributed by atoms with Crippen molar-refractivity contribution >= 4 is 11.8 Å². The first-order valence-corrected chi connectivity index (χ1v) is 9.13. The summed E-state index contributed by atoms with van der Waals surface area (Å²) in [5, 5.41) is 10.2. The Hall–Kier alpha value is -1.90.